The Hall–Kier alpha value is -2.95. The van der Waals surface area contributed by atoms with Gasteiger partial charge in [0.2, 0.25) is 0 Å². The van der Waals surface area contributed by atoms with Crippen molar-refractivity contribution in [3.63, 3.8) is 0 Å². The molecule has 0 aliphatic heterocycles. The van der Waals surface area contributed by atoms with Gasteiger partial charge in [-0.05, 0) is 24.1 Å². The molecule has 0 fully saturated rings. The van der Waals surface area contributed by atoms with Crippen molar-refractivity contribution in [3.8, 4) is 0 Å². The van der Waals surface area contributed by atoms with Crippen LogP contribution in [0.5, 0.6) is 0 Å². The van der Waals surface area contributed by atoms with Crippen LogP contribution in [0.25, 0.3) is 0 Å². The quantitative estimate of drug-likeness (QED) is 0.379. The van der Waals surface area contributed by atoms with Crippen LogP contribution in [0.15, 0.2) is 60.8 Å². The van der Waals surface area contributed by atoms with E-state index in [4.69, 9.17) is 0 Å². The molecule has 0 atom stereocenters. The normalized spacial score (nSPS) is 10.6. The van der Waals surface area contributed by atoms with Crippen molar-refractivity contribution in [2.24, 2.45) is 0 Å². The number of nitro groups is 1. The zero-order valence-corrected chi connectivity index (χ0v) is 12.2. The lowest BCUT2D eigenvalue weighted by Gasteiger charge is -2.01. The molecule has 112 valence electrons. The molecular formula is C17H16N2O3. The number of rotatable bonds is 6. The maximum atomic E-state index is 12.0. The highest BCUT2D eigenvalue weighted by atomic mass is 16.6. The molecule has 2 rings (SSSR count). The van der Waals surface area contributed by atoms with Gasteiger partial charge in [-0.25, -0.2) is 0 Å². The average Bonchev–Trinajstić information content (AvgIpc) is 2.55. The molecule has 0 spiro atoms. The van der Waals surface area contributed by atoms with E-state index in [2.05, 4.69) is 12.2 Å². The highest BCUT2D eigenvalue weighted by molar-refractivity contribution is 6.04. The molecule has 0 amide bonds. The van der Waals surface area contributed by atoms with E-state index < -0.39 is 4.92 Å². The number of anilines is 1. The summed E-state index contributed by atoms with van der Waals surface area (Å²) in [5.74, 6) is -0.0999. The molecule has 0 saturated carbocycles. The largest absolute Gasteiger partial charge is 0.362 e. The van der Waals surface area contributed by atoms with E-state index in [9.17, 15) is 14.9 Å². The van der Waals surface area contributed by atoms with Crippen LogP contribution in [0.4, 0.5) is 11.4 Å². The van der Waals surface area contributed by atoms with Crippen molar-refractivity contribution in [1.29, 1.82) is 0 Å². The predicted molar refractivity (Wildman–Crippen MR) is 86.0 cm³/mol. The number of hydrogen-bond acceptors (Lipinski definition) is 4. The minimum Gasteiger partial charge on any atom is -0.362 e. The Bertz CT molecular complexity index is 689. The van der Waals surface area contributed by atoms with Gasteiger partial charge in [-0.2, -0.15) is 0 Å². The highest BCUT2D eigenvalue weighted by Gasteiger charge is 2.03. The first kappa shape index (κ1) is 15.4. The zero-order valence-electron chi connectivity index (χ0n) is 12.2. The van der Waals surface area contributed by atoms with Gasteiger partial charge in [0, 0.05) is 35.7 Å². The van der Waals surface area contributed by atoms with Crippen LogP contribution in [-0.2, 0) is 6.42 Å². The molecule has 22 heavy (non-hydrogen) atoms. The Morgan fingerprint density at radius 3 is 2.32 bits per heavy atom. The van der Waals surface area contributed by atoms with Gasteiger partial charge in [0.25, 0.3) is 5.69 Å². The summed E-state index contributed by atoms with van der Waals surface area (Å²) in [6.07, 6.45) is 3.89. The van der Waals surface area contributed by atoms with Crippen LogP contribution >= 0.6 is 0 Å². The van der Waals surface area contributed by atoms with Crippen LogP contribution in [0.1, 0.15) is 22.8 Å². The standard InChI is InChI=1S/C17H16N2O3/c1-2-13-3-5-14(6-4-13)17(20)11-12-18-15-7-9-16(10-8-15)19(21)22/h3-12,18H,2H2,1H3/b12-11+. The van der Waals surface area contributed by atoms with Crippen LogP contribution in [0, 0.1) is 10.1 Å². The molecular weight excluding hydrogens is 280 g/mol. The van der Waals surface area contributed by atoms with Crippen molar-refractivity contribution in [2.45, 2.75) is 13.3 Å². The van der Waals surface area contributed by atoms with E-state index in [1.54, 1.807) is 24.3 Å². The molecule has 1 N–H and O–H groups in total. The number of nitro benzene ring substituents is 1. The van der Waals surface area contributed by atoms with Crippen LogP contribution in [-0.4, -0.2) is 10.7 Å². The fourth-order valence-electron chi connectivity index (χ4n) is 1.89. The lowest BCUT2D eigenvalue weighted by Crippen LogP contribution is -1.97. The SMILES string of the molecule is CCc1ccc(C(=O)/C=C/Nc2ccc([N+](=O)[O-])cc2)cc1. The molecule has 0 saturated heterocycles. The van der Waals surface area contributed by atoms with Crippen molar-refractivity contribution in [3.05, 3.63) is 82.0 Å². The summed E-state index contributed by atoms with van der Waals surface area (Å²) in [6, 6.07) is 13.5. The summed E-state index contributed by atoms with van der Waals surface area (Å²) in [7, 11) is 0. The van der Waals surface area contributed by atoms with Gasteiger partial charge in [0.1, 0.15) is 0 Å². The first-order valence-corrected chi connectivity index (χ1v) is 6.91. The van der Waals surface area contributed by atoms with Crippen molar-refractivity contribution >= 4 is 17.2 Å². The molecule has 0 aliphatic carbocycles. The zero-order chi connectivity index (χ0) is 15.9. The number of carbonyl (C=O) groups is 1. The van der Waals surface area contributed by atoms with E-state index in [0.29, 0.717) is 11.3 Å². The van der Waals surface area contributed by atoms with Gasteiger partial charge < -0.3 is 5.32 Å². The highest BCUT2D eigenvalue weighted by Crippen LogP contribution is 2.15. The maximum absolute atomic E-state index is 12.0. The minimum atomic E-state index is -0.455. The third-order valence-electron chi connectivity index (χ3n) is 3.21. The van der Waals surface area contributed by atoms with E-state index >= 15 is 0 Å². The van der Waals surface area contributed by atoms with E-state index in [0.717, 1.165) is 6.42 Å². The summed E-state index contributed by atoms with van der Waals surface area (Å²) in [4.78, 5) is 22.1. The van der Waals surface area contributed by atoms with Crippen molar-refractivity contribution < 1.29 is 9.72 Å². The molecule has 2 aromatic carbocycles. The lowest BCUT2D eigenvalue weighted by atomic mass is 10.1. The molecule has 5 heteroatoms. The smallest absolute Gasteiger partial charge is 0.269 e. The molecule has 0 aromatic heterocycles. The molecule has 0 radical (unpaired) electrons. The number of benzene rings is 2. The number of nitrogens with one attached hydrogen (secondary N) is 1. The number of ketones is 1. The molecule has 0 unspecified atom stereocenters. The van der Waals surface area contributed by atoms with Gasteiger partial charge in [-0.15, -0.1) is 0 Å². The summed E-state index contributed by atoms with van der Waals surface area (Å²) in [5, 5.41) is 13.5. The van der Waals surface area contributed by atoms with Crippen LogP contribution < -0.4 is 5.32 Å². The van der Waals surface area contributed by atoms with Crippen molar-refractivity contribution in [1.82, 2.24) is 0 Å². The van der Waals surface area contributed by atoms with E-state index in [-0.39, 0.29) is 11.5 Å². The number of allylic oxidation sites excluding steroid dienone is 1. The molecule has 5 nitrogen and oxygen atoms in total. The van der Waals surface area contributed by atoms with Crippen molar-refractivity contribution in [2.75, 3.05) is 5.32 Å². The number of non-ortho nitro benzene ring substituents is 1. The topological polar surface area (TPSA) is 72.2 Å². The van der Waals surface area contributed by atoms with Gasteiger partial charge >= 0.3 is 0 Å². The van der Waals surface area contributed by atoms with Crippen LogP contribution in [0.2, 0.25) is 0 Å². The summed E-state index contributed by atoms with van der Waals surface area (Å²) >= 11 is 0. The first-order chi connectivity index (χ1) is 10.6. The molecule has 2 aromatic rings. The Morgan fingerprint density at radius 1 is 1.14 bits per heavy atom. The Labute approximate surface area is 128 Å². The second-order valence-corrected chi connectivity index (χ2v) is 4.70. The third kappa shape index (κ3) is 4.02. The van der Waals surface area contributed by atoms with E-state index in [1.807, 2.05) is 12.1 Å². The Balaban J connectivity index is 1.96. The number of hydrogen-bond donors (Lipinski definition) is 1. The minimum absolute atomic E-state index is 0.0293. The first-order valence-electron chi connectivity index (χ1n) is 6.91. The summed E-state index contributed by atoms with van der Waals surface area (Å²) < 4.78 is 0. The predicted octanol–water partition coefficient (Wildman–Crippen LogP) is 3.97. The van der Waals surface area contributed by atoms with E-state index in [1.165, 1.54) is 30.0 Å². The average molecular weight is 296 g/mol. The fraction of sp³-hybridized carbons (Fsp3) is 0.118. The fourth-order valence-corrected chi connectivity index (χ4v) is 1.89. The molecule has 0 aliphatic rings. The second kappa shape index (κ2) is 7.17. The number of nitrogens with zero attached hydrogens (tertiary/aromatic N) is 1. The second-order valence-electron chi connectivity index (χ2n) is 4.70. The summed E-state index contributed by atoms with van der Waals surface area (Å²) in [5.41, 5.74) is 2.51. The number of aryl methyl sites for hydroxylation is 1. The van der Waals surface area contributed by atoms with Gasteiger partial charge in [0.05, 0.1) is 4.92 Å². The summed E-state index contributed by atoms with van der Waals surface area (Å²) in [6.45, 7) is 2.06. The van der Waals surface area contributed by atoms with Gasteiger partial charge in [-0.1, -0.05) is 31.2 Å². The third-order valence-corrected chi connectivity index (χ3v) is 3.21. The maximum Gasteiger partial charge on any atom is 0.269 e. The van der Waals surface area contributed by atoms with Gasteiger partial charge in [0.15, 0.2) is 5.78 Å². The number of carbonyl (C=O) groups excluding carboxylic acids is 1. The monoisotopic (exact) mass is 296 g/mol. The lowest BCUT2D eigenvalue weighted by molar-refractivity contribution is -0.384. The van der Waals surface area contributed by atoms with Gasteiger partial charge in [-0.3, -0.25) is 14.9 Å². The molecule has 0 bridgehead atoms. The molecule has 0 heterocycles. The Kier molecular flexibility index (Phi) is 5.03. The Morgan fingerprint density at radius 2 is 1.77 bits per heavy atom. The van der Waals surface area contributed by atoms with Crippen LogP contribution in [0.3, 0.4) is 0 Å².